The second kappa shape index (κ2) is 5.24. The Bertz CT molecular complexity index is 922. The SMILES string of the molecule is O=C(Nc1ccc2c(c1)OCO2)c1cc2c3c(c1)CCN3C(=O)CC2. The number of hydrogen-bond acceptors (Lipinski definition) is 4. The molecule has 0 saturated heterocycles. The first kappa shape index (κ1) is 14.3. The van der Waals surface area contributed by atoms with E-state index in [0.29, 0.717) is 42.1 Å². The quantitative estimate of drug-likeness (QED) is 0.915. The largest absolute Gasteiger partial charge is 0.454 e. The van der Waals surface area contributed by atoms with Gasteiger partial charge in [0.05, 0.1) is 5.69 Å². The van der Waals surface area contributed by atoms with E-state index in [2.05, 4.69) is 5.32 Å². The van der Waals surface area contributed by atoms with Gasteiger partial charge in [0.15, 0.2) is 11.5 Å². The Hall–Kier alpha value is -3.02. The molecule has 6 heteroatoms. The van der Waals surface area contributed by atoms with Gasteiger partial charge in [0.25, 0.3) is 5.91 Å². The lowest BCUT2D eigenvalue weighted by atomic mass is 9.96. The van der Waals surface area contributed by atoms with Gasteiger partial charge in [-0.05, 0) is 48.2 Å². The molecule has 0 atom stereocenters. The number of nitrogens with one attached hydrogen (secondary N) is 1. The van der Waals surface area contributed by atoms with Gasteiger partial charge in [0.1, 0.15) is 0 Å². The summed E-state index contributed by atoms with van der Waals surface area (Å²) in [7, 11) is 0. The van der Waals surface area contributed by atoms with Crippen molar-refractivity contribution in [3.63, 3.8) is 0 Å². The van der Waals surface area contributed by atoms with Crippen molar-refractivity contribution < 1.29 is 19.1 Å². The van der Waals surface area contributed by atoms with Crippen LogP contribution >= 0.6 is 0 Å². The van der Waals surface area contributed by atoms with Crippen LogP contribution in [-0.4, -0.2) is 25.2 Å². The summed E-state index contributed by atoms with van der Waals surface area (Å²) in [4.78, 5) is 26.5. The molecular weight excluding hydrogens is 320 g/mol. The molecule has 0 aromatic heterocycles. The Morgan fingerprint density at radius 2 is 1.80 bits per heavy atom. The van der Waals surface area contributed by atoms with Gasteiger partial charge in [-0.25, -0.2) is 0 Å². The number of amides is 2. The normalized spacial score (nSPS) is 16.8. The highest BCUT2D eigenvalue weighted by molar-refractivity contribution is 6.06. The van der Waals surface area contributed by atoms with E-state index in [0.717, 1.165) is 23.2 Å². The van der Waals surface area contributed by atoms with Crippen molar-refractivity contribution in [3.05, 3.63) is 47.0 Å². The van der Waals surface area contributed by atoms with E-state index in [9.17, 15) is 9.59 Å². The lowest BCUT2D eigenvalue weighted by Crippen LogP contribution is -2.33. The van der Waals surface area contributed by atoms with E-state index < -0.39 is 0 Å². The van der Waals surface area contributed by atoms with Crippen molar-refractivity contribution in [2.24, 2.45) is 0 Å². The predicted octanol–water partition coefficient (Wildman–Crippen LogP) is 2.50. The van der Waals surface area contributed by atoms with E-state index in [1.165, 1.54) is 0 Å². The molecule has 25 heavy (non-hydrogen) atoms. The number of nitrogens with zero attached hydrogens (tertiary/aromatic N) is 1. The third kappa shape index (κ3) is 2.25. The number of anilines is 2. The van der Waals surface area contributed by atoms with Crippen LogP contribution in [0.15, 0.2) is 30.3 Å². The van der Waals surface area contributed by atoms with Crippen molar-refractivity contribution in [2.45, 2.75) is 19.3 Å². The molecule has 3 aliphatic rings. The van der Waals surface area contributed by atoms with Crippen LogP contribution in [0.5, 0.6) is 11.5 Å². The van der Waals surface area contributed by atoms with Gasteiger partial charge in [-0.2, -0.15) is 0 Å². The van der Waals surface area contributed by atoms with Crippen LogP contribution in [0, 0.1) is 0 Å². The first-order valence-corrected chi connectivity index (χ1v) is 8.36. The maximum Gasteiger partial charge on any atom is 0.255 e. The molecule has 0 aliphatic carbocycles. The molecule has 0 saturated carbocycles. The summed E-state index contributed by atoms with van der Waals surface area (Å²) in [5.74, 6) is 1.35. The average Bonchev–Trinajstić information content (AvgIpc) is 3.25. The number of ether oxygens (including phenoxy) is 2. The number of carbonyl (C=O) groups is 2. The van der Waals surface area contributed by atoms with Crippen LogP contribution < -0.4 is 19.7 Å². The zero-order chi connectivity index (χ0) is 17.0. The molecule has 0 unspecified atom stereocenters. The molecule has 6 nitrogen and oxygen atoms in total. The van der Waals surface area contributed by atoms with E-state index in [1.807, 2.05) is 17.0 Å². The maximum atomic E-state index is 12.7. The molecular formula is C19H16N2O4. The van der Waals surface area contributed by atoms with E-state index >= 15 is 0 Å². The summed E-state index contributed by atoms with van der Waals surface area (Å²) < 4.78 is 10.6. The second-order valence-corrected chi connectivity index (χ2v) is 6.46. The van der Waals surface area contributed by atoms with Gasteiger partial charge < -0.3 is 19.7 Å². The Morgan fingerprint density at radius 1 is 1.00 bits per heavy atom. The summed E-state index contributed by atoms with van der Waals surface area (Å²) in [6.07, 6.45) is 2.02. The molecule has 0 spiro atoms. The van der Waals surface area contributed by atoms with Crippen LogP contribution in [-0.2, 0) is 17.6 Å². The monoisotopic (exact) mass is 336 g/mol. The second-order valence-electron chi connectivity index (χ2n) is 6.46. The average molecular weight is 336 g/mol. The first-order valence-electron chi connectivity index (χ1n) is 8.36. The third-order valence-electron chi connectivity index (χ3n) is 4.94. The van der Waals surface area contributed by atoms with Crippen molar-refractivity contribution in [2.75, 3.05) is 23.6 Å². The van der Waals surface area contributed by atoms with Crippen LogP contribution in [0.25, 0.3) is 0 Å². The van der Waals surface area contributed by atoms with Crippen molar-refractivity contribution in [3.8, 4) is 11.5 Å². The lowest BCUT2D eigenvalue weighted by molar-refractivity contribution is -0.118. The fourth-order valence-corrected chi connectivity index (χ4v) is 3.77. The third-order valence-corrected chi connectivity index (χ3v) is 4.94. The highest BCUT2D eigenvalue weighted by Crippen LogP contribution is 2.38. The van der Waals surface area contributed by atoms with E-state index in [-0.39, 0.29) is 18.6 Å². The first-order chi connectivity index (χ1) is 12.2. The van der Waals surface area contributed by atoms with Gasteiger partial charge in [0, 0.05) is 30.3 Å². The Kier molecular flexibility index (Phi) is 3.00. The number of aryl methyl sites for hydroxylation is 1. The highest BCUT2D eigenvalue weighted by atomic mass is 16.7. The minimum Gasteiger partial charge on any atom is -0.454 e. The van der Waals surface area contributed by atoms with Gasteiger partial charge in [-0.15, -0.1) is 0 Å². The maximum absolute atomic E-state index is 12.7. The Balaban J connectivity index is 1.44. The standard InChI is InChI=1S/C19H16N2O4/c22-17-4-1-11-7-13(8-12-5-6-21(17)18(11)12)19(23)20-14-2-3-15-16(9-14)25-10-24-15/h2-3,7-9H,1,4-6,10H2,(H,20,23). The van der Waals surface area contributed by atoms with Gasteiger partial charge in [0.2, 0.25) is 12.7 Å². The summed E-state index contributed by atoms with van der Waals surface area (Å²) in [5.41, 5.74) is 4.49. The highest BCUT2D eigenvalue weighted by Gasteiger charge is 2.32. The summed E-state index contributed by atoms with van der Waals surface area (Å²) >= 11 is 0. The Morgan fingerprint density at radius 3 is 2.68 bits per heavy atom. The summed E-state index contributed by atoms with van der Waals surface area (Å²) in [5, 5.41) is 2.91. The zero-order valence-electron chi connectivity index (χ0n) is 13.5. The fraction of sp³-hybridized carbons (Fsp3) is 0.263. The molecule has 0 bridgehead atoms. The van der Waals surface area contributed by atoms with Crippen molar-refractivity contribution >= 4 is 23.2 Å². The molecule has 2 aromatic carbocycles. The minimum absolute atomic E-state index is 0.159. The minimum atomic E-state index is -0.159. The number of benzene rings is 2. The molecule has 126 valence electrons. The zero-order valence-corrected chi connectivity index (χ0v) is 13.5. The van der Waals surface area contributed by atoms with Gasteiger partial charge >= 0.3 is 0 Å². The molecule has 2 aromatic rings. The molecule has 0 fully saturated rings. The topological polar surface area (TPSA) is 67.9 Å². The van der Waals surface area contributed by atoms with Crippen molar-refractivity contribution in [1.82, 2.24) is 0 Å². The molecule has 5 rings (SSSR count). The lowest BCUT2D eigenvalue weighted by Gasteiger charge is -2.25. The predicted molar refractivity (Wildman–Crippen MR) is 91.3 cm³/mol. The molecule has 1 N–H and O–H groups in total. The summed E-state index contributed by atoms with van der Waals surface area (Å²) in [6, 6.07) is 9.15. The van der Waals surface area contributed by atoms with Crippen LogP contribution in [0.3, 0.4) is 0 Å². The fourth-order valence-electron chi connectivity index (χ4n) is 3.77. The summed E-state index contributed by atoms with van der Waals surface area (Å²) in [6.45, 7) is 0.921. The molecule has 2 amide bonds. The number of carbonyl (C=O) groups excluding carboxylic acids is 2. The van der Waals surface area contributed by atoms with Crippen LogP contribution in [0.1, 0.15) is 27.9 Å². The smallest absolute Gasteiger partial charge is 0.255 e. The van der Waals surface area contributed by atoms with E-state index in [4.69, 9.17) is 9.47 Å². The molecule has 0 radical (unpaired) electrons. The van der Waals surface area contributed by atoms with Gasteiger partial charge in [-0.1, -0.05) is 0 Å². The Labute approximate surface area is 144 Å². The molecule has 3 aliphatic heterocycles. The van der Waals surface area contributed by atoms with E-state index in [1.54, 1.807) is 18.2 Å². The van der Waals surface area contributed by atoms with Gasteiger partial charge in [-0.3, -0.25) is 9.59 Å². The molecule has 3 heterocycles. The van der Waals surface area contributed by atoms with Crippen LogP contribution in [0.2, 0.25) is 0 Å². The number of rotatable bonds is 2. The van der Waals surface area contributed by atoms with Crippen LogP contribution in [0.4, 0.5) is 11.4 Å². The number of fused-ring (bicyclic) bond motifs is 1. The van der Waals surface area contributed by atoms with Crippen molar-refractivity contribution in [1.29, 1.82) is 0 Å². The number of hydrogen-bond donors (Lipinski definition) is 1.